The van der Waals surface area contributed by atoms with E-state index in [0.717, 1.165) is 109 Å². The minimum absolute atomic E-state index is 0.0120. The highest BCUT2D eigenvalue weighted by molar-refractivity contribution is 5.69. The first-order valence-corrected chi connectivity index (χ1v) is 23.9. The SMILES string of the molecule is C=CCC(CCCCCCCC)OC(=O)CCCCCCCN(CCCCCCCC(=O)OC(CCCCCCCC)CCCCCCCC)CC(O)CO. The lowest BCUT2D eigenvalue weighted by Crippen LogP contribution is -2.35. The first-order chi connectivity index (χ1) is 26.9. The number of nitrogens with zero attached hydrogens (tertiary/aromatic N) is 1. The molecule has 0 bridgehead atoms. The number of rotatable bonds is 44. The molecule has 7 nitrogen and oxygen atoms in total. The molecule has 0 saturated heterocycles. The Balaban J connectivity index is 4.26. The second-order valence-electron chi connectivity index (χ2n) is 16.6. The van der Waals surface area contributed by atoms with E-state index in [0.29, 0.717) is 19.4 Å². The van der Waals surface area contributed by atoms with Crippen molar-refractivity contribution < 1.29 is 29.3 Å². The van der Waals surface area contributed by atoms with E-state index in [1.807, 2.05) is 6.08 Å². The average molecular weight is 780 g/mol. The highest BCUT2D eigenvalue weighted by Crippen LogP contribution is 2.19. The van der Waals surface area contributed by atoms with Gasteiger partial charge in [-0.25, -0.2) is 0 Å². The van der Waals surface area contributed by atoms with Crippen molar-refractivity contribution in [3.63, 3.8) is 0 Å². The molecule has 0 fully saturated rings. The van der Waals surface area contributed by atoms with E-state index in [1.165, 1.54) is 109 Å². The molecule has 2 N–H and O–H groups in total. The maximum Gasteiger partial charge on any atom is 0.306 e. The van der Waals surface area contributed by atoms with Crippen LogP contribution in [0.4, 0.5) is 0 Å². The predicted molar refractivity (Wildman–Crippen MR) is 233 cm³/mol. The van der Waals surface area contributed by atoms with Gasteiger partial charge in [0.2, 0.25) is 0 Å². The van der Waals surface area contributed by atoms with Gasteiger partial charge in [0.05, 0.1) is 12.7 Å². The molecule has 0 radical (unpaired) electrons. The fourth-order valence-corrected chi connectivity index (χ4v) is 7.54. The van der Waals surface area contributed by atoms with Gasteiger partial charge in [-0.2, -0.15) is 0 Å². The molecule has 2 unspecified atom stereocenters. The quantitative estimate of drug-likeness (QED) is 0.0361. The summed E-state index contributed by atoms with van der Waals surface area (Å²) >= 11 is 0. The van der Waals surface area contributed by atoms with Gasteiger partial charge < -0.3 is 24.6 Å². The van der Waals surface area contributed by atoms with Crippen molar-refractivity contribution in [1.29, 1.82) is 0 Å². The predicted octanol–water partition coefficient (Wildman–Crippen LogP) is 13.0. The molecular formula is C48H93NO6. The van der Waals surface area contributed by atoms with Gasteiger partial charge in [0.25, 0.3) is 0 Å². The Kier molecular flexibility index (Phi) is 41.1. The van der Waals surface area contributed by atoms with Crippen LogP contribution in [0.5, 0.6) is 0 Å². The van der Waals surface area contributed by atoms with Gasteiger partial charge in [-0.05, 0) is 77.3 Å². The second kappa shape index (κ2) is 42.2. The van der Waals surface area contributed by atoms with Crippen molar-refractivity contribution in [1.82, 2.24) is 4.90 Å². The van der Waals surface area contributed by atoms with Gasteiger partial charge >= 0.3 is 11.9 Å². The van der Waals surface area contributed by atoms with E-state index < -0.39 is 6.10 Å². The number of ether oxygens (including phenoxy) is 2. The molecule has 0 aromatic rings. The zero-order valence-electron chi connectivity index (χ0n) is 36.9. The maximum atomic E-state index is 12.8. The Morgan fingerprint density at radius 3 is 1.27 bits per heavy atom. The summed E-state index contributed by atoms with van der Waals surface area (Å²) < 4.78 is 11.8. The van der Waals surface area contributed by atoms with Gasteiger partial charge in [0, 0.05) is 25.8 Å². The molecular weight excluding hydrogens is 687 g/mol. The molecule has 0 aliphatic heterocycles. The molecule has 326 valence electrons. The van der Waals surface area contributed by atoms with Crippen molar-refractivity contribution in [2.75, 3.05) is 26.2 Å². The molecule has 0 aliphatic rings. The fourth-order valence-electron chi connectivity index (χ4n) is 7.54. The average Bonchev–Trinajstić information content (AvgIpc) is 3.17. The van der Waals surface area contributed by atoms with Gasteiger partial charge in [0.1, 0.15) is 12.2 Å². The summed E-state index contributed by atoms with van der Waals surface area (Å²) in [5.74, 6) is -0.0878. The molecule has 0 spiro atoms. The molecule has 0 rings (SSSR count). The van der Waals surface area contributed by atoms with Crippen LogP contribution in [0, 0.1) is 0 Å². The van der Waals surface area contributed by atoms with E-state index in [2.05, 4.69) is 32.3 Å². The highest BCUT2D eigenvalue weighted by atomic mass is 16.5. The number of hydrogen-bond acceptors (Lipinski definition) is 7. The molecule has 0 heterocycles. The molecule has 0 aromatic heterocycles. The van der Waals surface area contributed by atoms with Crippen LogP contribution in [0.1, 0.15) is 239 Å². The Labute approximate surface area is 341 Å². The number of aliphatic hydroxyl groups is 2. The van der Waals surface area contributed by atoms with Crippen LogP contribution < -0.4 is 0 Å². The van der Waals surface area contributed by atoms with Crippen LogP contribution in [-0.2, 0) is 19.1 Å². The van der Waals surface area contributed by atoms with Gasteiger partial charge in [-0.1, -0.05) is 162 Å². The number of unbranched alkanes of at least 4 members (excludes halogenated alkanes) is 23. The number of hydrogen-bond donors (Lipinski definition) is 2. The van der Waals surface area contributed by atoms with Gasteiger partial charge in [-0.3, -0.25) is 9.59 Å². The van der Waals surface area contributed by atoms with Crippen LogP contribution in [-0.4, -0.2) is 71.6 Å². The first kappa shape index (κ1) is 53.6. The summed E-state index contributed by atoms with van der Waals surface area (Å²) in [6, 6.07) is 0. The maximum absolute atomic E-state index is 12.8. The summed E-state index contributed by atoms with van der Waals surface area (Å²) in [6.07, 6.45) is 38.9. The lowest BCUT2D eigenvalue weighted by Gasteiger charge is -2.24. The standard InChI is InChI=1S/C48H93NO6/c1-5-9-12-15-20-27-35-45(34-8-4)54-47(52)38-30-23-18-25-32-40-49(42-44(51)43-50)41-33-26-19-24-31-39-48(53)55-46(36-28-21-16-13-10-6-2)37-29-22-17-14-11-7-3/h8,44-46,50-51H,4-7,9-43H2,1-3H3. The largest absolute Gasteiger partial charge is 0.462 e. The van der Waals surface area contributed by atoms with E-state index in [9.17, 15) is 19.8 Å². The Morgan fingerprint density at radius 2 is 0.873 bits per heavy atom. The fraction of sp³-hybridized carbons (Fsp3) is 0.917. The van der Waals surface area contributed by atoms with Crippen molar-refractivity contribution >= 4 is 11.9 Å². The van der Waals surface area contributed by atoms with E-state index in [1.54, 1.807) is 0 Å². The van der Waals surface area contributed by atoms with Crippen molar-refractivity contribution in [3.05, 3.63) is 12.7 Å². The third-order valence-corrected chi connectivity index (χ3v) is 11.1. The molecule has 7 heteroatoms. The Morgan fingerprint density at radius 1 is 0.527 bits per heavy atom. The summed E-state index contributed by atoms with van der Waals surface area (Å²) in [5.41, 5.74) is 0. The second-order valence-corrected chi connectivity index (χ2v) is 16.6. The molecule has 2 atom stereocenters. The van der Waals surface area contributed by atoms with Gasteiger partial charge in [-0.15, -0.1) is 6.58 Å². The van der Waals surface area contributed by atoms with E-state index >= 15 is 0 Å². The Bertz CT molecular complexity index is 821. The molecule has 0 aliphatic carbocycles. The van der Waals surface area contributed by atoms with Gasteiger partial charge in [0.15, 0.2) is 0 Å². The number of carbonyl (C=O) groups excluding carboxylic acids is 2. The van der Waals surface area contributed by atoms with Crippen molar-refractivity contribution in [2.24, 2.45) is 0 Å². The summed E-state index contributed by atoms with van der Waals surface area (Å²) in [5, 5.41) is 19.6. The summed E-state index contributed by atoms with van der Waals surface area (Å²) in [6.45, 7) is 12.7. The van der Waals surface area contributed by atoms with Crippen molar-refractivity contribution in [2.45, 2.75) is 257 Å². The lowest BCUT2D eigenvalue weighted by atomic mass is 10.0. The molecule has 0 amide bonds. The van der Waals surface area contributed by atoms with Crippen LogP contribution in [0.15, 0.2) is 12.7 Å². The third kappa shape index (κ3) is 37.9. The topological polar surface area (TPSA) is 96.3 Å². The normalized spacial score (nSPS) is 12.7. The molecule has 0 saturated carbocycles. The highest BCUT2D eigenvalue weighted by Gasteiger charge is 2.16. The number of aliphatic hydroxyl groups excluding tert-OH is 2. The molecule has 0 aromatic carbocycles. The number of carbonyl (C=O) groups is 2. The summed E-state index contributed by atoms with van der Waals surface area (Å²) in [7, 11) is 0. The van der Waals surface area contributed by atoms with Crippen LogP contribution >= 0.6 is 0 Å². The minimum Gasteiger partial charge on any atom is -0.462 e. The zero-order chi connectivity index (χ0) is 40.5. The third-order valence-electron chi connectivity index (χ3n) is 11.1. The van der Waals surface area contributed by atoms with E-state index in [-0.39, 0.29) is 30.8 Å². The van der Waals surface area contributed by atoms with Crippen LogP contribution in [0.25, 0.3) is 0 Å². The van der Waals surface area contributed by atoms with E-state index in [4.69, 9.17) is 9.47 Å². The monoisotopic (exact) mass is 780 g/mol. The van der Waals surface area contributed by atoms with Crippen LogP contribution in [0.2, 0.25) is 0 Å². The van der Waals surface area contributed by atoms with Crippen molar-refractivity contribution in [3.8, 4) is 0 Å². The van der Waals surface area contributed by atoms with Crippen LogP contribution in [0.3, 0.4) is 0 Å². The first-order valence-electron chi connectivity index (χ1n) is 23.9. The smallest absolute Gasteiger partial charge is 0.306 e. The lowest BCUT2D eigenvalue weighted by molar-refractivity contribution is -0.150. The summed E-state index contributed by atoms with van der Waals surface area (Å²) in [4.78, 5) is 27.5. The Hall–Kier alpha value is -1.44. The zero-order valence-corrected chi connectivity index (χ0v) is 36.9. The number of esters is 2. The minimum atomic E-state index is -0.714. The molecule has 55 heavy (non-hydrogen) atoms.